The topological polar surface area (TPSA) is 83.0 Å². The molecule has 2 aliphatic heterocycles. The zero-order chi connectivity index (χ0) is 27.3. The Morgan fingerprint density at radius 2 is 2.03 bits per heavy atom. The van der Waals surface area contributed by atoms with Crippen molar-refractivity contribution < 1.29 is 19.4 Å². The van der Waals surface area contributed by atoms with Crippen molar-refractivity contribution in [2.75, 3.05) is 31.1 Å². The third kappa shape index (κ3) is 6.37. The first-order valence-electron chi connectivity index (χ1n) is 14.2. The molecule has 1 aromatic carbocycles. The average Bonchev–Trinajstić information content (AvgIpc) is 3.49. The lowest BCUT2D eigenvalue weighted by Gasteiger charge is -2.35. The van der Waals surface area contributed by atoms with Gasteiger partial charge in [0.15, 0.2) is 0 Å². The fraction of sp³-hybridized carbons (Fsp3) is 0.581. The van der Waals surface area contributed by atoms with Gasteiger partial charge in [0.2, 0.25) is 5.91 Å². The number of benzene rings is 1. The zero-order valence-corrected chi connectivity index (χ0v) is 23.4. The summed E-state index contributed by atoms with van der Waals surface area (Å²) in [6.07, 6.45) is 8.94. The molecule has 1 amide bonds. The van der Waals surface area contributed by atoms with Crippen molar-refractivity contribution in [1.29, 1.82) is 0 Å². The lowest BCUT2D eigenvalue weighted by atomic mass is 9.76. The van der Waals surface area contributed by atoms with E-state index >= 15 is 0 Å². The first-order chi connectivity index (χ1) is 18.2. The molecule has 1 saturated heterocycles. The Labute approximate surface area is 227 Å². The third-order valence-electron chi connectivity index (χ3n) is 8.20. The number of nitrogens with zero attached hydrogens (tertiary/aromatic N) is 3. The molecule has 1 aromatic heterocycles. The van der Waals surface area contributed by atoms with E-state index in [4.69, 9.17) is 4.74 Å². The highest BCUT2D eigenvalue weighted by Crippen LogP contribution is 2.44. The van der Waals surface area contributed by atoms with Gasteiger partial charge in [-0.25, -0.2) is 0 Å². The normalized spacial score (nSPS) is 21.2. The molecule has 1 fully saturated rings. The molecule has 2 aliphatic rings. The monoisotopic (exact) mass is 521 g/mol. The van der Waals surface area contributed by atoms with E-state index in [-0.39, 0.29) is 29.8 Å². The number of carbonyl (C=O) groups is 2. The summed E-state index contributed by atoms with van der Waals surface area (Å²) in [5, 5.41) is 10.5. The molecule has 7 heteroatoms. The summed E-state index contributed by atoms with van der Waals surface area (Å²) in [6, 6.07) is 9.67. The third-order valence-corrected chi connectivity index (χ3v) is 8.20. The van der Waals surface area contributed by atoms with E-state index in [1.165, 1.54) is 0 Å². The van der Waals surface area contributed by atoms with Gasteiger partial charge < -0.3 is 14.7 Å². The van der Waals surface area contributed by atoms with Crippen molar-refractivity contribution >= 4 is 17.6 Å². The number of hydrogen-bond donors (Lipinski definition) is 1. The summed E-state index contributed by atoms with van der Waals surface area (Å²) in [7, 11) is 0. The Morgan fingerprint density at radius 3 is 2.71 bits per heavy atom. The highest BCUT2D eigenvalue weighted by atomic mass is 16.5. The molecule has 1 unspecified atom stereocenters. The number of ether oxygens (including phenoxy) is 1. The Balaban J connectivity index is 1.65. The van der Waals surface area contributed by atoms with E-state index in [0.717, 1.165) is 61.1 Å². The van der Waals surface area contributed by atoms with Gasteiger partial charge in [0, 0.05) is 37.7 Å². The SMILES string of the molecule is CCCCN(C(=O)CN1C[C@H](c2ccc3c(c2)CCO3)C(C(=O)O)[C@@H]1CC(C)(C)CCC)c1cccnc1. The number of aromatic nitrogens is 1. The van der Waals surface area contributed by atoms with Crippen molar-refractivity contribution in [2.24, 2.45) is 11.3 Å². The zero-order valence-electron chi connectivity index (χ0n) is 23.4. The molecular formula is C31H43N3O4. The molecule has 0 radical (unpaired) electrons. The van der Waals surface area contributed by atoms with Crippen LogP contribution in [0.4, 0.5) is 5.69 Å². The molecule has 0 spiro atoms. The van der Waals surface area contributed by atoms with Crippen molar-refractivity contribution in [2.45, 2.75) is 78.2 Å². The van der Waals surface area contributed by atoms with Gasteiger partial charge in [0.1, 0.15) is 5.75 Å². The minimum Gasteiger partial charge on any atom is -0.493 e. The van der Waals surface area contributed by atoms with Gasteiger partial charge in [0.25, 0.3) is 0 Å². The molecule has 3 heterocycles. The van der Waals surface area contributed by atoms with Crippen LogP contribution in [0.15, 0.2) is 42.7 Å². The number of hydrogen-bond acceptors (Lipinski definition) is 5. The Morgan fingerprint density at radius 1 is 1.21 bits per heavy atom. The van der Waals surface area contributed by atoms with Gasteiger partial charge >= 0.3 is 5.97 Å². The molecule has 0 saturated carbocycles. The number of carbonyl (C=O) groups excluding carboxylic acids is 1. The number of anilines is 1. The van der Waals surface area contributed by atoms with E-state index in [0.29, 0.717) is 19.7 Å². The molecule has 206 valence electrons. The van der Waals surface area contributed by atoms with Crippen molar-refractivity contribution in [3.8, 4) is 5.75 Å². The first-order valence-corrected chi connectivity index (χ1v) is 14.2. The number of pyridine rings is 1. The highest BCUT2D eigenvalue weighted by molar-refractivity contribution is 5.94. The van der Waals surface area contributed by atoms with Crippen LogP contribution in [-0.4, -0.2) is 59.1 Å². The molecule has 1 N–H and O–H groups in total. The molecule has 2 aromatic rings. The number of amides is 1. The van der Waals surface area contributed by atoms with Crippen LogP contribution in [0.1, 0.15) is 76.8 Å². The number of carboxylic acids is 1. The largest absolute Gasteiger partial charge is 0.493 e. The van der Waals surface area contributed by atoms with E-state index < -0.39 is 11.9 Å². The van der Waals surface area contributed by atoms with Gasteiger partial charge in [0.05, 0.1) is 31.0 Å². The van der Waals surface area contributed by atoms with E-state index in [1.807, 2.05) is 29.2 Å². The van der Waals surface area contributed by atoms with Crippen LogP contribution in [0.5, 0.6) is 5.75 Å². The fourth-order valence-electron chi connectivity index (χ4n) is 6.35. The summed E-state index contributed by atoms with van der Waals surface area (Å²) < 4.78 is 5.70. The van der Waals surface area contributed by atoms with Crippen LogP contribution < -0.4 is 9.64 Å². The second kappa shape index (κ2) is 12.3. The van der Waals surface area contributed by atoms with Crippen LogP contribution in [0.2, 0.25) is 0 Å². The predicted octanol–water partition coefficient (Wildman–Crippen LogP) is 5.53. The van der Waals surface area contributed by atoms with E-state index in [9.17, 15) is 14.7 Å². The number of aliphatic carboxylic acids is 1. The van der Waals surface area contributed by atoms with Gasteiger partial charge in [-0.15, -0.1) is 0 Å². The lowest BCUT2D eigenvalue weighted by molar-refractivity contribution is -0.143. The number of fused-ring (bicyclic) bond motifs is 1. The highest BCUT2D eigenvalue weighted by Gasteiger charge is 2.48. The summed E-state index contributed by atoms with van der Waals surface area (Å²) >= 11 is 0. The number of carboxylic acid groups (broad SMARTS) is 1. The quantitative estimate of drug-likeness (QED) is 0.395. The first kappa shape index (κ1) is 28.1. The number of likely N-dealkylation sites (tertiary alicyclic amines) is 1. The van der Waals surface area contributed by atoms with Crippen molar-refractivity contribution in [3.63, 3.8) is 0 Å². The van der Waals surface area contributed by atoms with Crippen LogP contribution in [0.3, 0.4) is 0 Å². The van der Waals surface area contributed by atoms with Gasteiger partial charge in [-0.1, -0.05) is 52.7 Å². The number of rotatable bonds is 12. The summed E-state index contributed by atoms with van der Waals surface area (Å²) in [4.78, 5) is 34.9. The lowest BCUT2D eigenvalue weighted by Crippen LogP contribution is -2.46. The standard InChI is InChI=1S/C31H43N3O4/c1-5-7-15-34(24-9-8-14-32-19-24)28(35)21-33-20-25(22-10-11-27-23(17-22)12-16-38-27)29(30(36)37)26(33)18-31(3,4)13-6-2/h8-11,14,17,19,25-26,29H,5-7,12-13,15-16,18,20-21H2,1-4H3,(H,36,37)/t25-,26+,29?/m1/s1. The maximum absolute atomic E-state index is 13.8. The maximum Gasteiger partial charge on any atom is 0.308 e. The van der Waals surface area contributed by atoms with Crippen molar-refractivity contribution in [1.82, 2.24) is 9.88 Å². The molecule has 3 atom stereocenters. The van der Waals surface area contributed by atoms with Crippen molar-refractivity contribution in [3.05, 3.63) is 53.9 Å². The van der Waals surface area contributed by atoms with E-state index in [1.54, 1.807) is 12.4 Å². The molecule has 4 rings (SSSR count). The second-order valence-electron chi connectivity index (χ2n) is 11.7. The molecule has 0 aliphatic carbocycles. The number of unbranched alkanes of at least 4 members (excludes halogenated alkanes) is 1. The van der Waals surface area contributed by atoms with Crippen LogP contribution in [0, 0.1) is 11.3 Å². The van der Waals surface area contributed by atoms with E-state index in [2.05, 4.69) is 43.6 Å². The Kier molecular flexibility index (Phi) is 9.08. The molecular weight excluding hydrogens is 478 g/mol. The summed E-state index contributed by atoms with van der Waals surface area (Å²) in [5.41, 5.74) is 2.94. The molecule has 0 bridgehead atoms. The summed E-state index contributed by atoms with van der Waals surface area (Å²) in [5.74, 6) is -0.654. The molecule has 38 heavy (non-hydrogen) atoms. The average molecular weight is 522 g/mol. The van der Waals surface area contributed by atoms with Crippen LogP contribution >= 0.6 is 0 Å². The maximum atomic E-state index is 13.8. The van der Waals surface area contributed by atoms with Gasteiger partial charge in [-0.2, -0.15) is 0 Å². The Bertz CT molecular complexity index is 1100. The minimum atomic E-state index is -0.783. The van der Waals surface area contributed by atoms with Gasteiger partial charge in [-0.05, 0) is 54.0 Å². The summed E-state index contributed by atoms with van der Waals surface area (Å²) in [6.45, 7) is 10.8. The molecule has 7 nitrogen and oxygen atoms in total. The van der Waals surface area contributed by atoms with Crippen LogP contribution in [-0.2, 0) is 16.0 Å². The minimum absolute atomic E-state index is 0.00288. The fourth-order valence-corrected chi connectivity index (χ4v) is 6.35. The smallest absolute Gasteiger partial charge is 0.308 e. The van der Waals surface area contributed by atoms with Crippen LogP contribution in [0.25, 0.3) is 0 Å². The second-order valence-corrected chi connectivity index (χ2v) is 11.7. The Hall–Kier alpha value is -2.93. The van der Waals surface area contributed by atoms with Gasteiger partial charge in [-0.3, -0.25) is 19.5 Å². The predicted molar refractivity (Wildman–Crippen MR) is 150 cm³/mol.